The summed E-state index contributed by atoms with van der Waals surface area (Å²) in [5.41, 5.74) is 0. The van der Waals surface area contributed by atoms with Gasteiger partial charge in [-0.2, -0.15) is 0 Å². The lowest BCUT2D eigenvalue weighted by Gasteiger charge is -2.13. The normalized spacial score (nSPS) is 11.6. The number of amides is 3. The van der Waals surface area contributed by atoms with Crippen molar-refractivity contribution < 1.29 is 43.7 Å². The van der Waals surface area contributed by atoms with Crippen LogP contribution in [0.4, 0.5) is 0 Å². The van der Waals surface area contributed by atoms with Gasteiger partial charge in [0.25, 0.3) is 0 Å². The van der Waals surface area contributed by atoms with Crippen LogP contribution in [0.1, 0.15) is 135 Å². The van der Waals surface area contributed by atoms with Crippen LogP contribution in [0.25, 0.3) is 0 Å². The Bertz CT molecular complexity index is 795. The summed E-state index contributed by atoms with van der Waals surface area (Å²) in [5.74, 6) is -1.96. The molecule has 0 saturated heterocycles. The van der Waals surface area contributed by atoms with Gasteiger partial charge in [0.15, 0.2) is 0 Å². The van der Waals surface area contributed by atoms with Crippen LogP contribution in [-0.2, 0) is 33.4 Å². The van der Waals surface area contributed by atoms with E-state index < -0.39 is 11.9 Å². The van der Waals surface area contributed by atoms with E-state index in [1.165, 1.54) is 51.4 Å². The minimum atomic E-state index is -0.900. The van der Waals surface area contributed by atoms with Crippen LogP contribution >= 0.6 is 0 Å². The van der Waals surface area contributed by atoms with E-state index in [0.29, 0.717) is 51.8 Å². The monoisotopic (exact) mass is 643 g/mol. The summed E-state index contributed by atoms with van der Waals surface area (Å²) in [6, 6.07) is -0.238. The van der Waals surface area contributed by atoms with E-state index in [1.807, 2.05) is 0 Å². The zero-order valence-electron chi connectivity index (χ0n) is 27.7. The molecule has 5 N–H and O–H groups in total. The Morgan fingerprint density at radius 2 is 0.956 bits per heavy atom. The number of carbonyl (C=O) groups excluding carboxylic acids is 3. The van der Waals surface area contributed by atoms with Gasteiger partial charge in [-0.3, -0.25) is 24.0 Å². The first-order valence-corrected chi connectivity index (χ1v) is 17.1. The number of hydrogen-bond acceptors (Lipinski definition) is 7. The standard InChI is InChI=1S/C33H61N3O9/c1-28(20-21-33(42)43)36-31(39)27-45-26-25-44-24-23-35-30(38)18-16-22-34-29(37)17-14-12-10-8-6-4-2-3-5-7-9-11-13-15-19-32(40)41/h28H,2-27H2,1H3,(H,34,37)(H,35,38)(H,36,39)(H,40,41)(H,42,43). The molecule has 0 spiro atoms. The summed E-state index contributed by atoms with van der Waals surface area (Å²) in [5, 5.41) is 25.6. The third-order valence-electron chi connectivity index (χ3n) is 7.32. The molecule has 0 bridgehead atoms. The average molecular weight is 644 g/mol. The smallest absolute Gasteiger partial charge is 0.303 e. The van der Waals surface area contributed by atoms with Crippen molar-refractivity contribution in [3.8, 4) is 0 Å². The van der Waals surface area contributed by atoms with Gasteiger partial charge in [-0.15, -0.1) is 0 Å². The summed E-state index contributed by atoms with van der Waals surface area (Å²) in [4.78, 5) is 56.6. The lowest BCUT2D eigenvalue weighted by molar-refractivity contribution is -0.138. The summed E-state index contributed by atoms with van der Waals surface area (Å²) < 4.78 is 10.6. The molecule has 0 aromatic heterocycles. The molecule has 0 aliphatic rings. The van der Waals surface area contributed by atoms with Crippen molar-refractivity contribution in [2.24, 2.45) is 0 Å². The molecule has 0 aromatic rings. The van der Waals surface area contributed by atoms with Crippen molar-refractivity contribution in [1.29, 1.82) is 0 Å². The molecule has 12 heteroatoms. The number of hydrogen-bond donors (Lipinski definition) is 5. The van der Waals surface area contributed by atoms with Crippen LogP contribution in [0, 0.1) is 0 Å². The predicted molar refractivity (Wildman–Crippen MR) is 173 cm³/mol. The van der Waals surface area contributed by atoms with Gasteiger partial charge in [0.2, 0.25) is 17.7 Å². The van der Waals surface area contributed by atoms with Crippen LogP contribution in [0.15, 0.2) is 0 Å². The molecule has 0 aliphatic carbocycles. The molecule has 45 heavy (non-hydrogen) atoms. The SMILES string of the molecule is CC(CCC(=O)O)NC(=O)COCCOCCNC(=O)CCCNC(=O)CCCCCCCCCCCCCCCCC(=O)O. The number of carbonyl (C=O) groups is 5. The highest BCUT2D eigenvalue weighted by Crippen LogP contribution is 2.13. The lowest BCUT2D eigenvalue weighted by atomic mass is 10.0. The van der Waals surface area contributed by atoms with Gasteiger partial charge in [0, 0.05) is 44.8 Å². The molecule has 1 unspecified atom stereocenters. The van der Waals surface area contributed by atoms with Gasteiger partial charge in [0.05, 0.1) is 19.8 Å². The summed E-state index contributed by atoms with van der Waals surface area (Å²) in [6.45, 7) is 3.30. The third-order valence-corrected chi connectivity index (χ3v) is 7.32. The Morgan fingerprint density at radius 3 is 1.49 bits per heavy atom. The van der Waals surface area contributed by atoms with Crippen LogP contribution in [0.5, 0.6) is 0 Å². The Labute approximate surface area is 270 Å². The maximum atomic E-state index is 12.0. The lowest BCUT2D eigenvalue weighted by Crippen LogP contribution is -2.35. The van der Waals surface area contributed by atoms with E-state index in [2.05, 4.69) is 16.0 Å². The number of ether oxygens (including phenoxy) is 2. The maximum Gasteiger partial charge on any atom is 0.303 e. The van der Waals surface area contributed by atoms with Crippen LogP contribution in [0.3, 0.4) is 0 Å². The van der Waals surface area contributed by atoms with Crippen molar-refractivity contribution in [1.82, 2.24) is 16.0 Å². The molecule has 0 heterocycles. The number of rotatable bonds is 33. The molecule has 0 saturated carbocycles. The van der Waals surface area contributed by atoms with Gasteiger partial charge < -0.3 is 35.6 Å². The minimum absolute atomic E-state index is 0.00421. The number of unbranched alkanes of at least 4 members (excludes halogenated alkanes) is 13. The largest absolute Gasteiger partial charge is 0.481 e. The second-order valence-electron chi connectivity index (χ2n) is 11.7. The molecule has 12 nitrogen and oxygen atoms in total. The highest BCUT2D eigenvalue weighted by atomic mass is 16.5. The number of carboxylic acids is 2. The molecule has 1 atom stereocenters. The maximum absolute atomic E-state index is 12.0. The van der Waals surface area contributed by atoms with Gasteiger partial charge in [0.1, 0.15) is 6.61 Å². The Hall–Kier alpha value is -2.73. The first kappa shape index (κ1) is 42.3. The molecular formula is C33H61N3O9. The molecule has 3 amide bonds. The molecular weight excluding hydrogens is 582 g/mol. The second kappa shape index (κ2) is 31.3. The first-order chi connectivity index (χ1) is 21.7. The van der Waals surface area contributed by atoms with Crippen molar-refractivity contribution in [3.05, 3.63) is 0 Å². The zero-order chi connectivity index (χ0) is 33.4. The topological polar surface area (TPSA) is 180 Å². The van der Waals surface area contributed by atoms with Crippen LogP contribution < -0.4 is 16.0 Å². The van der Waals surface area contributed by atoms with Gasteiger partial charge in [-0.1, -0.05) is 77.0 Å². The number of aliphatic carboxylic acids is 2. The van der Waals surface area contributed by atoms with E-state index in [0.717, 1.165) is 38.5 Å². The van der Waals surface area contributed by atoms with Crippen LogP contribution in [-0.4, -0.2) is 85.4 Å². The minimum Gasteiger partial charge on any atom is -0.481 e. The van der Waals surface area contributed by atoms with E-state index >= 15 is 0 Å². The molecule has 262 valence electrons. The summed E-state index contributed by atoms with van der Waals surface area (Å²) in [6.07, 6.45) is 18.2. The fourth-order valence-corrected chi connectivity index (χ4v) is 4.71. The fourth-order valence-electron chi connectivity index (χ4n) is 4.71. The molecule has 0 fully saturated rings. The van der Waals surface area contributed by atoms with E-state index in [4.69, 9.17) is 19.7 Å². The third kappa shape index (κ3) is 34.0. The highest BCUT2D eigenvalue weighted by molar-refractivity contribution is 5.77. The van der Waals surface area contributed by atoms with E-state index in [1.54, 1.807) is 6.92 Å². The van der Waals surface area contributed by atoms with Gasteiger partial charge in [-0.05, 0) is 32.6 Å². The van der Waals surface area contributed by atoms with Gasteiger partial charge in [-0.25, -0.2) is 0 Å². The quantitative estimate of drug-likeness (QED) is 0.0632. The van der Waals surface area contributed by atoms with Crippen molar-refractivity contribution >= 4 is 29.7 Å². The fraction of sp³-hybridized carbons (Fsp3) is 0.848. The van der Waals surface area contributed by atoms with Crippen LogP contribution in [0.2, 0.25) is 0 Å². The van der Waals surface area contributed by atoms with Crippen molar-refractivity contribution in [3.63, 3.8) is 0 Å². The highest BCUT2D eigenvalue weighted by Gasteiger charge is 2.09. The molecule has 0 aromatic carbocycles. The second-order valence-corrected chi connectivity index (χ2v) is 11.7. The number of carboxylic acid groups (broad SMARTS) is 2. The average Bonchev–Trinajstić information content (AvgIpc) is 2.99. The zero-order valence-corrected chi connectivity index (χ0v) is 27.7. The molecule has 0 radical (unpaired) electrons. The Balaban J connectivity index is 3.38. The number of nitrogens with one attached hydrogen (secondary N) is 3. The van der Waals surface area contributed by atoms with E-state index in [-0.39, 0.29) is 50.0 Å². The van der Waals surface area contributed by atoms with E-state index in [9.17, 15) is 24.0 Å². The molecule has 0 aliphatic heterocycles. The summed E-state index contributed by atoms with van der Waals surface area (Å²) in [7, 11) is 0. The Kier molecular flexibility index (Phi) is 29.4. The van der Waals surface area contributed by atoms with Crippen molar-refractivity contribution in [2.75, 3.05) is 39.5 Å². The first-order valence-electron chi connectivity index (χ1n) is 17.1. The molecule has 0 rings (SSSR count). The summed E-state index contributed by atoms with van der Waals surface area (Å²) >= 11 is 0. The Morgan fingerprint density at radius 1 is 0.511 bits per heavy atom. The van der Waals surface area contributed by atoms with Gasteiger partial charge >= 0.3 is 11.9 Å². The van der Waals surface area contributed by atoms with Crippen molar-refractivity contribution in [2.45, 2.75) is 141 Å². The predicted octanol–water partition coefficient (Wildman–Crippen LogP) is 4.73.